The lowest BCUT2D eigenvalue weighted by Gasteiger charge is -2.11. The molecule has 168 valence electrons. The predicted octanol–water partition coefficient (Wildman–Crippen LogP) is 4.46. The van der Waals surface area contributed by atoms with Crippen molar-refractivity contribution in [1.29, 1.82) is 5.26 Å². The van der Waals surface area contributed by atoms with Crippen molar-refractivity contribution in [3.8, 4) is 17.6 Å². The Morgan fingerprint density at radius 1 is 1.19 bits per heavy atom. The van der Waals surface area contributed by atoms with E-state index in [2.05, 4.69) is 5.32 Å². The predicted molar refractivity (Wildman–Crippen MR) is 109 cm³/mol. The van der Waals surface area contributed by atoms with Crippen molar-refractivity contribution in [2.75, 3.05) is 25.6 Å². The number of carbonyl (C=O) groups is 2. The molecule has 0 saturated heterocycles. The van der Waals surface area contributed by atoms with Crippen molar-refractivity contribution in [1.82, 2.24) is 0 Å². The van der Waals surface area contributed by atoms with E-state index < -0.39 is 30.2 Å². The van der Waals surface area contributed by atoms with Crippen LogP contribution in [0, 0.1) is 11.3 Å². The van der Waals surface area contributed by atoms with Crippen molar-refractivity contribution in [2.24, 2.45) is 0 Å². The summed E-state index contributed by atoms with van der Waals surface area (Å²) in [6.07, 6.45) is -2.17. The number of nitrogens with zero attached hydrogens (tertiary/aromatic N) is 1. The van der Waals surface area contributed by atoms with E-state index in [1.54, 1.807) is 18.2 Å². The number of rotatable bonds is 8. The maximum atomic E-state index is 12.8. The molecular weight excluding hydrogens is 453 g/mol. The molecule has 2 aromatic rings. The molecule has 0 fully saturated rings. The highest BCUT2D eigenvalue weighted by molar-refractivity contribution is 6.33. The van der Waals surface area contributed by atoms with Gasteiger partial charge in [-0.25, -0.2) is 4.79 Å². The highest BCUT2D eigenvalue weighted by Crippen LogP contribution is 2.33. The van der Waals surface area contributed by atoms with Crippen LogP contribution in [-0.2, 0) is 20.5 Å². The summed E-state index contributed by atoms with van der Waals surface area (Å²) in [5, 5.41) is 10.6. The molecule has 0 heterocycles. The van der Waals surface area contributed by atoms with Gasteiger partial charge in [-0.1, -0.05) is 17.7 Å². The topological polar surface area (TPSA) is 97.7 Å². The lowest BCUT2D eigenvalue weighted by molar-refractivity contribution is -0.142. The van der Waals surface area contributed by atoms with Crippen molar-refractivity contribution >= 4 is 35.2 Å². The molecule has 0 bridgehead atoms. The summed E-state index contributed by atoms with van der Waals surface area (Å²) >= 11 is 5.80. The monoisotopic (exact) mass is 468 g/mol. The van der Waals surface area contributed by atoms with Crippen LogP contribution in [0.2, 0.25) is 5.02 Å². The van der Waals surface area contributed by atoms with Gasteiger partial charge in [0.25, 0.3) is 5.91 Å². The summed E-state index contributed by atoms with van der Waals surface area (Å²) in [6, 6.07) is 8.99. The Balaban J connectivity index is 1.94. The maximum absolute atomic E-state index is 12.8. The van der Waals surface area contributed by atoms with E-state index in [1.807, 2.05) is 6.07 Å². The van der Waals surface area contributed by atoms with Crippen molar-refractivity contribution < 1.29 is 37.0 Å². The second-order valence-electron chi connectivity index (χ2n) is 6.04. The number of halogens is 4. The van der Waals surface area contributed by atoms with Gasteiger partial charge in [0.15, 0.2) is 24.7 Å². The maximum Gasteiger partial charge on any atom is 0.416 e. The summed E-state index contributed by atoms with van der Waals surface area (Å²) in [5.41, 5.74) is -0.705. The second kappa shape index (κ2) is 11.1. The molecule has 0 spiro atoms. The number of amides is 1. The van der Waals surface area contributed by atoms with Crippen molar-refractivity contribution in [2.45, 2.75) is 6.18 Å². The molecule has 0 unspecified atom stereocenters. The largest absolute Gasteiger partial charge is 0.493 e. The first kappa shape index (κ1) is 24.6. The van der Waals surface area contributed by atoms with E-state index in [1.165, 1.54) is 13.2 Å². The zero-order valence-electron chi connectivity index (χ0n) is 16.5. The van der Waals surface area contributed by atoms with Gasteiger partial charge in [-0.15, -0.1) is 0 Å². The van der Waals surface area contributed by atoms with Gasteiger partial charge in [0.05, 0.1) is 23.4 Å². The van der Waals surface area contributed by atoms with Crippen LogP contribution in [-0.4, -0.2) is 32.2 Å². The first-order valence-corrected chi connectivity index (χ1v) is 9.21. The van der Waals surface area contributed by atoms with E-state index >= 15 is 0 Å². The Labute approximate surface area is 185 Å². The Kier molecular flexibility index (Phi) is 8.49. The molecule has 0 aliphatic heterocycles. The van der Waals surface area contributed by atoms with E-state index in [0.717, 1.165) is 18.2 Å². The number of esters is 1. The normalized spacial score (nSPS) is 11.0. The minimum absolute atomic E-state index is 0.103. The lowest BCUT2D eigenvalue weighted by Crippen LogP contribution is -2.20. The SMILES string of the molecule is COc1cc(C=CC(=O)OCC(=O)Nc2cc(C(F)(F)F)ccc2Cl)ccc1OCC#N. The fraction of sp³-hybridized carbons (Fsp3) is 0.190. The van der Waals surface area contributed by atoms with Crippen molar-refractivity contribution in [3.63, 3.8) is 0 Å². The fourth-order valence-electron chi connectivity index (χ4n) is 2.35. The number of hydrogen-bond donors (Lipinski definition) is 1. The van der Waals surface area contributed by atoms with E-state index in [9.17, 15) is 22.8 Å². The number of nitrogens with one attached hydrogen (secondary N) is 1. The number of carbonyl (C=O) groups excluding carboxylic acids is 2. The Morgan fingerprint density at radius 3 is 2.59 bits per heavy atom. The fourth-order valence-corrected chi connectivity index (χ4v) is 2.51. The van der Waals surface area contributed by atoms with Crippen LogP contribution in [0.1, 0.15) is 11.1 Å². The summed E-state index contributed by atoms with van der Waals surface area (Å²) in [4.78, 5) is 23.7. The van der Waals surface area contributed by atoms with Crippen LogP contribution < -0.4 is 14.8 Å². The zero-order chi connectivity index (χ0) is 23.7. The molecular formula is C21H16ClF3N2O5. The highest BCUT2D eigenvalue weighted by Gasteiger charge is 2.31. The van der Waals surface area contributed by atoms with Gasteiger partial charge in [-0.2, -0.15) is 18.4 Å². The van der Waals surface area contributed by atoms with Crippen LogP contribution >= 0.6 is 11.6 Å². The lowest BCUT2D eigenvalue weighted by atomic mass is 10.2. The molecule has 32 heavy (non-hydrogen) atoms. The molecule has 0 radical (unpaired) electrons. The minimum atomic E-state index is -4.61. The van der Waals surface area contributed by atoms with Crippen LogP contribution in [0.15, 0.2) is 42.5 Å². The zero-order valence-corrected chi connectivity index (χ0v) is 17.3. The first-order chi connectivity index (χ1) is 15.1. The summed E-state index contributed by atoms with van der Waals surface area (Å²) < 4.78 is 53.4. The van der Waals surface area contributed by atoms with Crippen LogP contribution in [0.4, 0.5) is 18.9 Å². The van der Waals surface area contributed by atoms with Crippen LogP contribution in [0.3, 0.4) is 0 Å². The first-order valence-electron chi connectivity index (χ1n) is 8.83. The standard InChI is InChI=1S/C21H16ClF3N2O5/c1-30-18-10-13(2-6-17(18)31-9-8-26)3-7-20(29)32-12-19(28)27-16-11-14(21(23,24)25)4-5-15(16)22/h2-7,10-11H,9,12H2,1H3,(H,27,28). The van der Waals surface area contributed by atoms with Gasteiger partial charge < -0.3 is 19.5 Å². The van der Waals surface area contributed by atoms with Gasteiger partial charge in [0, 0.05) is 6.08 Å². The van der Waals surface area contributed by atoms with Gasteiger partial charge in [0.1, 0.15) is 6.07 Å². The average Bonchev–Trinajstić information content (AvgIpc) is 2.75. The Bertz CT molecular complexity index is 1060. The summed E-state index contributed by atoms with van der Waals surface area (Å²) in [7, 11) is 1.41. The van der Waals surface area contributed by atoms with E-state index in [0.29, 0.717) is 23.1 Å². The third-order valence-corrected chi connectivity index (χ3v) is 4.13. The van der Waals surface area contributed by atoms with Crippen LogP contribution in [0.25, 0.3) is 6.08 Å². The second-order valence-corrected chi connectivity index (χ2v) is 6.45. The number of benzene rings is 2. The molecule has 0 aliphatic carbocycles. The molecule has 2 rings (SSSR count). The van der Waals surface area contributed by atoms with Gasteiger partial charge >= 0.3 is 12.1 Å². The Hall–Kier alpha value is -3.71. The number of nitriles is 1. The van der Waals surface area contributed by atoms with Crippen LogP contribution in [0.5, 0.6) is 11.5 Å². The van der Waals surface area contributed by atoms with Gasteiger partial charge in [-0.3, -0.25) is 4.79 Å². The number of hydrogen-bond acceptors (Lipinski definition) is 6. The molecule has 0 aliphatic rings. The number of ether oxygens (including phenoxy) is 3. The smallest absolute Gasteiger partial charge is 0.416 e. The van der Waals surface area contributed by atoms with E-state index in [4.69, 9.17) is 31.1 Å². The molecule has 1 N–H and O–H groups in total. The summed E-state index contributed by atoms with van der Waals surface area (Å²) in [6.45, 7) is -0.897. The van der Waals surface area contributed by atoms with Gasteiger partial charge in [-0.05, 0) is 42.0 Å². The van der Waals surface area contributed by atoms with Crippen molar-refractivity contribution in [3.05, 3.63) is 58.6 Å². The highest BCUT2D eigenvalue weighted by atomic mass is 35.5. The quantitative estimate of drug-likeness (QED) is 0.453. The molecule has 0 atom stereocenters. The number of alkyl halides is 3. The molecule has 2 aromatic carbocycles. The van der Waals surface area contributed by atoms with E-state index in [-0.39, 0.29) is 17.3 Å². The number of methoxy groups -OCH3 is 1. The third-order valence-electron chi connectivity index (χ3n) is 3.81. The molecule has 7 nitrogen and oxygen atoms in total. The molecule has 11 heteroatoms. The summed E-state index contributed by atoms with van der Waals surface area (Å²) in [5.74, 6) is -1.04. The molecule has 0 aromatic heterocycles. The molecule has 1 amide bonds. The number of anilines is 1. The van der Waals surface area contributed by atoms with Gasteiger partial charge in [0.2, 0.25) is 0 Å². The Morgan fingerprint density at radius 2 is 1.94 bits per heavy atom. The minimum Gasteiger partial charge on any atom is -0.493 e. The third kappa shape index (κ3) is 7.21. The average molecular weight is 469 g/mol. The molecule has 0 saturated carbocycles.